The number of halogens is 1. The van der Waals surface area contributed by atoms with Crippen LogP contribution in [0, 0.1) is 0 Å². The number of carbonyl (C=O) groups is 1. The molecular weight excluding hydrogens is 344 g/mol. The minimum atomic E-state index is 0.0256. The molecule has 0 fully saturated rings. The van der Waals surface area contributed by atoms with E-state index in [1.165, 1.54) is 0 Å². The van der Waals surface area contributed by atoms with Crippen LogP contribution in [0.25, 0.3) is 0 Å². The van der Waals surface area contributed by atoms with Crippen molar-refractivity contribution < 1.29 is 9.53 Å². The molecule has 6 heteroatoms. The summed E-state index contributed by atoms with van der Waals surface area (Å²) in [6, 6.07) is 14.6. The quantitative estimate of drug-likeness (QED) is 0.751. The molecule has 0 atom stereocenters. The van der Waals surface area contributed by atoms with E-state index < -0.39 is 0 Å². The van der Waals surface area contributed by atoms with Crippen molar-refractivity contribution in [3.05, 3.63) is 59.1 Å². The van der Waals surface area contributed by atoms with E-state index >= 15 is 0 Å². The van der Waals surface area contributed by atoms with Crippen LogP contribution in [0.5, 0.6) is 5.75 Å². The van der Waals surface area contributed by atoms with Crippen molar-refractivity contribution in [1.82, 2.24) is 0 Å². The molecule has 2 aromatic rings. The molecule has 1 aliphatic heterocycles. The van der Waals surface area contributed by atoms with E-state index in [9.17, 15) is 4.79 Å². The van der Waals surface area contributed by atoms with E-state index in [1.54, 1.807) is 43.1 Å². The van der Waals surface area contributed by atoms with Crippen molar-refractivity contribution in [3.63, 3.8) is 0 Å². The predicted molar refractivity (Wildman–Crippen MR) is 101 cm³/mol. The van der Waals surface area contributed by atoms with Gasteiger partial charge in [-0.1, -0.05) is 23.4 Å². The lowest BCUT2D eigenvalue weighted by molar-refractivity contribution is 0.100. The molecule has 3 rings (SSSR count). The van der Waals surface area contributed by atoms with Gasteiger partial charge in [-0.25, -0.2) is 0 Å². The summed E-state index contributed by atoms with van der Waals surface area (Å²) in [6.07, 6.45) is 0. The van der Waals surface area contributed by atoms with Gasteiger partial charge in [0, 0.05) is 22.0 Å². The number of methoxy groups -OCH3 is 1. The highest BCUT2D eigenvalue weighted by Crippen LogP contribution is 2.25. The van der Waals surface area contributed by atoms with Gasteiger partial charge in [0.25, 0.3) is 0 Å². The normalized spacial score (nSPS) is 13.5. The maximum absolute atomic E-state index is 12.6. The zero-order valence-electron chi connectivity index (χ0n) is 13.2. The van der Waals surface area contributed by atoms with E-state index in [2.05, 4.69) is 4.99 Å². The molecule has 1 aliphatic rings. The van der Waals surface area contributed by atoms with Crippen LogP contribution >= 0.6 is 23.4 Å². The highest BCUT2D eigenvalue weighted by molar-refractivity contribution is 8.14. The number of amidine groups is 1. The number of ether oxygens (including phenoxy) is 1. The van der Waals surface area contributed by atoms with E-state index in [4.69, 9.17) is 16.3 Å². The summed E-state index contributed by atoms with van der Waals surface area (Å²) in [5.41, 5.74) is 1.56. The first-order valence-electron chi connectivity index (χ1n) is 7.55. The van der Waals surface area contributed by atoms with Gasteiger partial charge in [0.1, 0.15) is 5.75 Å². The lowest BCUT2D eigenvalue weighted by atomic mass is 10.1. The van der Waals surface area contributed by atoms with Gasteiger partial charge in [0.15, 0.2) is 11.0 Å². The molecule has 4 nitrogen and oxygen atoms in total. The van der Waals surface area contributed by atoms with Crippen LogP contribution in [0.4, 0.5) is 5.69 Å². The Morgan fingerprint density at radius 1 is 1.21 bits per heavy atom. The van der Waals surface area contributed by atoms with Gasteiger partial charge in [-0.15, -0.1) is 0 Å². The first-order chi connectivity index (χ1) is 11.7. The maximum atomic E-state index is 12.6. The van der Waals surface area contributed by atoms with E-state index in [-0.39, 0.29) is 12.3 Å². The monoisotopic (exact) mass is 360 g/mol. The molecule has 124 valence electrons. The van der Waals surface area contributed by atoms with Crippen LogP contribution in [-0.2, 0) is 0 Å². The number of aliphatic imine (C=N–C) groups is 1. The molecule has 0 bridgehead atoms. The van der Waals surface area contributed by atoms with E-state index in [0.717, 1.165) is 28.9 Å². The Balaban J connectivity index is 1.84. The number of carbonyl (C=O) groups excluding carboxylic acids is 1. The molecule has 0 amide bonds. The van der Waals surface area contributed by atoms with Crippen LogP contribution in [0.3, 0.4) is 0 Å². The predicted octanol–water partition coefficient (Wildman–Crippen LogP) is 4.14. The SMILES string of the molecule is COc1ccc(N(CC(=O)c2ccc(Cl)cc2)C2=NCCS2)cc1. The Bertz CT molecular complexity index is 745. The first-order valence-corrected chi connectivity index (χ1v) is 8.91. The first kappa shape index (κ1) is 16.9. The highest BCUT2D eigenvalue weighted by Gasteiger charge is 2.21. The van der Waals surface area contributed by atoms with Gasteiger partial charge in [-0.2, -0.15) is 0 Å². The molecule has 0 saturated heterocycles. The van der Waals surface area contributed by atoms with Crippen LogP contribution in [0.15, 0.2) is 53.5 Å². The maximum Gasteiger partial charge on any atom is 0.182 e. The molecule has 0 saturated carbocycles. The summed E-state index contributed by atoms with van der Waals surface area (Å²) in [7, 11) is 1.63. The summed E-state index contributed by atoms with van der Waals surface area (Å²) < 4.78 is 5.20. The number of hydrogen-bond acceptors (Lipinski definition) is 5. The van der Waals surface area contributed by atoms with Gasteiger partial charge in [-0.3, -0.25) is 9.79 Å². The fraction of sp³-hybridized carbons (Fsp3) is 0.222. The average Bonchev–Trinajstić information content (AvgIpc) is 3.14. The third-order valence-electron chi connectivity index (χ3n) is 3.65. The minimum Gasteiger partial charge on any atom is -0.497 e. The summed E-state index contributed by atoms with van der Waals surface area (Å²) >= 11 is 7.56. The second-order valence-electron chi connectivity index (χ2n) is 5.23. The molecule has 0 unspecified atom stereocenters. The Morgan fingerprint density at radius 3 is 2.50 bits per heavy atom. The molecule has 0 aromatic heterocycles. The Kier molecular flexibility index (Phi) is 5.43. The Labute approximate surface area is 150 Å². The number of benzene rings is 2. The Morgan fingerprint density at radius 2 is 1.92 bits per heavy atom. The minimum absolute atomic E-state index is 0.0256. The van der Waals surface area contributed by atoms with Crippen LogP contribution in [-0.4, -0.2) is 36.9 Å². The molecular formula is C18H17ClN2O2S. The second kappa shape index (κ2) is 7.73. The third kappa shape index (κ3) is 3.91. The van der Waals surface area contributed by atoms with E-state index in [1.807, 2.05) is 29.2 Å². The molecule has 0 spiro atoms. The fourth-order valence-electron chi connectivity index (χ4n) is 2.39. The number of hydrogen-bond donors (Lipinski definition) is 0. The van der Waals surface area contributed by atoms with Crippen molar-refractivity contribution in [2.75, 3.05) is 30.9 Å². The second-order valence-corrected chi connectivity index (χ2v) is 6.73. The molecule has 0 N–H and O–H groups in total. The fourth-order valence-corrected chi connectivity index (χ4v) is 3.39. The summed E-state index contributed by atoms with van der Waals surface area (Å²) in [4.78, 5) is 19.1. The lowest BCUT2D eigenvalue weighted by Gasteiger charge is -2.23. The number of thioether (sulfide) groups is 1. The van der Waals surface area contributed by atoms with Gasteiger partial charge in [0.05, 0.1) is 20.2 Å². The molecule has 24 heavy (non-hydrogen) atoms. The summed E-state index contributed by atoms with van der Waals surface area (Å²) in [5.74, 6) is 1.75. The number of Topliss-reactive ketones (excluding diaryl/α,β-unsaturated/α-hetero) is 1. The van der Waals surface area contributed by atoms with E-state index in [0.29, 0.717) is 10.6 Å². The molecule has 2 aromatic carbocycles. The third-order valence-corrected chi connectivity index (χ3v) is 4.90. The average molecular weight is 361 g/mol. The zero-order chi connectivity index (χ0) is 16.9. The zero-order valence-corrected chi connectivity index (χ0v) is 14.8. The number of ketones is 1. The standard InChI is InChI=1S/C18H17ClN2O2S/c1-23-16-8-6-15(7-9-16)21(18-20-10-11-24-18)12-17(22)13-2-4-14(19)5-3-13/h2-9H,10-12H2,1H3. The molecule has 1 heterocycles. The van der Waals surface area contributed by atoms with Crippen LogP contribution in [0.2, 0.25) is 5.02 Å². The van der Waals surface area contributed by atoms with Gasteiger partial charge < -0.3 is 9.64 Å². The van der Waals surface area contributed by atoms with Gasteiger partial charge in [-0.05, 0) is 48.5 Å². The van der Waals surface area contributed by atoms with Crippen LogP contribution in [0.1, 0.15) is 10.4 Å². The Hall–Kier alpha value is -1.98. The number of anilines is 1. The van der Waals surface area contributed by atoms with Crippen molar-refractivity contribution in [2.24, 2.45) is 4.99 Å². The number of nitrogens with zero attached hydrogens (tertiary/aromatic N) is 2. The summed E-state index contributed by atoms with van der Waals surface area (Å²) in [6.45, 7) is 1.02. The van der Waals surface area contributed by atoms with Crippen molar-refractivity contribution in [2.45, 2.75) is 0 Å². The smallest absolute Gasteiger partial charge is 0.182 e. The molecule has 0 aliphatic carbocycles. The molecule has 0 radical (unpaired) electrons. The van der Waals surface area contributed by atoms with Gasteiger partial charge >= 0.3 is 0 Å². The topological polar surface area (TPSA) is 41.9 Å². The van der Waals surface area contributed by atoms with Crippen molar-refractivity contribution >= 4 is 40.0 Å². The number of rotatable bonds is 5. The van der Waals surface area contributed by atoms with Crippen molar-refractivity contribution in [1.29, 1.82) is 0 Å². The lowest BCUT2D eigenvalue weighted by Crippen LogP contribution is -2.33. The van der Waals surface area contributed by atoms with Gasteiger partial charge in [0.2, 0.25) is 0 Å². The van der Waals surface area contributed by atoms with Crippen molar-refractivity contribution in [3.8, 4) is 5.75 Å². The van der Waals surface area contributed by atoms with Crippen LogP contribution < -0.4 is 9.64 Å². The summed E-state index contributed by atoms with van der Waals surface area (Å²) in [5, 5.41) is 1.50. The highest BCUT2D eigenvalue weighted by atomic mass is 35.5. The largest absolute Gasteiger partial charge is 0.497 e.